The zero-order valence-electron chi connectivity index (χ0n) is 10.1. The summed E-state index contributed by atoms with van der Waals surface area (Å²) in [5.74, 6) is -2.00. The Morgan fingerprint density at radius 3 is 1.84 bits per heavy atom. The first-order valence-electron chi connectivity index (χ1n) is 5.74. The first kappa shape index (κ1) is 13.0. The number of carboxylic acids is 1. The first-order chi connectivity index (χ1) is 9.06. The third-order valence-corrected chi connectivity index (χ3v) is 2.96. The number of hydrogen-bond acceptors (Lipinski definition) is 3. The smallest absolute Gasteiger partial charge is 0.336 e. The topological polar surface area (TPSA) is 80.4 Å². The molecule has 3 N–H and O–H groups in total. The molecule has 19 heavy (non-hydrogen) atoms. The van der Waals surface area contributed by atoms with Crippen molar-refractivity contribution in [3.63, 3.8) is 0 Å². The number of carboxylic acid groups (broad SMARTS) is 1. The number of carbonyl (C=O) groups is 2. The lowest BCUT2D eigenvalue weighted by molar-refractivity contribution is -0.141. The monoisotopic (exact) mass is 255 g/mol. The summed E-state index contributed by atoms with van der Waals surface area (Å²) < 4.78 is 0. The van der Waals surface area contributed by atoms with E-state index in [0.717, 1.165) is 0 Å². The van der Waals surface area contributed by atoms with E-state index in [0.29, 0.717) is 0 Å². The molecule has 0 radical (unpaired) electrons. The minimum absolute atomic E-state index is 0.261. The van der Waals surface area contributed by atoms with Crippen molar-refractivity contribution < 1.29 is 14.7 Å². The minimum atomic E-state index is -2.07. The number of nitrogens with two attached hydrogens (primary N) is 1. The van der Waals surface area contributed by atoms with E-state index in [1.54, 1.807) is 48.5 Å². The third-order valence-electron chi connectivity index (χ3n) is 2.96. The summed E-state index contributed by atoms with van der Waals surface area (Å²) in [6, 6.07) is 16.3. The quantitative estimate of drug-likeness (QED) is 0.645. The van der Waals surface area contributed by atoms with Gasteiger partial charge in [-0.1, -0.05) is 60.7 Å². The fraction of sp³-hybridized carbons (Fsp3) is 0.0667. The maximum absolute atomic E-state index is 12.4. The molecule has 0 bridgehead atoms. The molecule has 2 rings (SSSR count). The van der Waals surface area contributed by atoms with Gasteiger partial charge in [-0.25, -0.2) is 4.79 Å². The molecule has 96 valence electrons. The van der Waals surface area contributed by atoms with Crippen molar-refractivity contribution in [3.05, 3.63) is 71.8 Å². The van der Waals surface area contributed by atoms with Gasteiger partial charge in [0.1, 0.15) is 0 Å². The summed E-state index contributed by atoms with van der Waals surface area (Å²) in [4.78, 5) is 23.9. The van der Waals surface area contributed by atoms with Crippen LogP contribution in [0.3, 0.4) is 0 Å². The first-order valence-corrected chi connectivity index (χ1v) is 5.74. The summed E-state index contributed by atoms with van der Waals surface area (Å²) in [7, 11) is 0. The van der Waals surface area contributed by atoms with Crippen LogP contribution in [0.1, 0.15) is 15.9 Å². The van der Waals surface area contributed by atoms with Gasteiger partial charge in [-0.15, -0.1) is 0 Å². The van der Waals surface area contributed by atoms with Crippen LogP contribution < -0.4 is 5.73 Å². The van der Waals surface area contributed by atoms with Crippen molar-refractivity contribution >= 4 is 11.8 Å². The zero-order valence-corrected chi connectivity index (χ0v) is 10.1. The van der Waals surface area contributed by atoms with E-state index >= 15 is 0 Å². The van der Waals surface area contributed by atoms with Crippen molar-refractivity contribution in [2.24, 2.45) is 5.73 Å². The second kappa shape index (κ2) is 5.04. The van der Waals surface area contributed by atoms with E-state index in [4.69, 9.17) is 5.73 Å². The molecule has 0 aliphatic heterocycles. The van der Waals surface area contributed by atoms with Gasteiger partial charge in [-0.3, -0.25) is 4.79 Å². The Kier molecular flexibility index (Phi) is 3.44. The molecule has 0 saturated heterocycles. The molecular weight excluding hydrogens is 242 g/mol. The van der Waals surface area contributed by atoms with Crippen molar-refractivity contribution in [1.29, 1.82) is 0 Å². The molecule has 0 fully saturated rings. The molecule has 0 aliphatic rings. The summed E-state index contributed by atoms with van der Waals surface area (Å²) in [5.41, 5.74) is 4.36. The number of Topliss-reactive ketones (excluding diaryl/α,β-unsaturated/α-hetero) is 1. The molecule has 0 spiro atoms. The molecule has 2 aromatic carbocycles. The molecular formula is C15H13NO3. The van der Waals surface area contributed by atoms with Crippen molar-refractivity contribution in [2.75, 3.05) is 0 Å². The van der Waals surface area contributed by atoms with Gasteiger partial charge in [0.05, 0.1) is 0 Å². The fourth-order valence-electron chi connectivity index (χ4n) is 1.87. The Bertz CT molecular complexity index is 595. The van der Waals surface area contributed by atoms with Crippen molar-refractivity contribution in [3.8, 4) is 0 Å². The van der Waals surface area contributed by atoms with E-state index in [1.807, 2.05) is 0 Å². The SMILES string of the molecule is NC(C(=O)O)(C(=O)c1ccccc1)c1ccccc1. The lowest BCUT2D eigenvalue weighted by Crippen LogP contribution is -2.51. The van der Waals surface area contributed by atoms with Crippen LogP contribution in [0.2, 0.25) is 0 Å². The summed E-state index contributed by atoms with van der Waals surface area (Å²) >= 11 is 0. The highest BCUT2D eigenvalue weighted by Gasteiger charge is 2.44. The number of carbonyl (C=O) groups excluding carboxylic acids is 1. The van der Waals surface area contributed by atoms with Gasteiger partial charge in [0, 0.05) is 5.56 Å². The largest absolute Gasteiger partial charge is 0.479 e. The summed E-state index contributed by atoms with van der Waals surface area (Å²) in [5, 5.41) is 9.37. The highest BCUT2D eigenvalue weighted by molar-refractivity contribution is 6.16. The predicted molar refractivity (Wildman–Crippen MR) is 70.7 cm³/mol. The van der Waals surface area contributed by atoms with Gasteiger partial charge in [0.15, 0.2) is 5.78 Å². The van der Waals surface area contributed by atoms with Gasteiger partial charge in [-0.05, 0) is 5.56 Å². The fourth-order valence-corrected chi connectivity index (χ4v) is 1.87. The Morgan fingerprint density at radius 1 is 0.895 bits per heavy atom. The van der Waals surface area contributed by atoms with E-state index in [9.17, 15) is 14.7 Å². The van der Waals surface area contributed by atoms with Crippen LogP contribution in [0.25, 0.3) is 0 Å². The number of hydrogen-bond donors (Lipinski definition) is 2. The molecule has 0 heterocycles. The molecule has 4 heteroatoms. The molecule has 0 aromatic heterocycles. The Labute approximate surface area is 110 Å². The Balaban J connectivity index is 2.53. The van der Waals surface area contributed by atoms with Gasteiger partial charge in [-0.2, -0.15) is 0 Å². The van der Waals surface area contributed by atoms with Crippen LogP contribution in [-0.4, -0.2) is 16.9 Å². The summed E-state index contributed by atoms with van der Waals surface area (Å²) in [6.45, 7) is 0. The second-order valence-electron chi connectivity index (χ2n) is 4.17. The average Bonchev–Trinajstić information content (AvgIpc) is 2.47. The average molecular weight is 255 g/mol. The molecule has 0 amide bonds. The maximum Gasteiger partial charge on any atom is 0.336 e. The van der Waals surface area contributed by atoms with Crippen LogP contribution in [0.15, 0.2) is 60.7 Å². The second-order valence-corrected chi connectivity index (χ2v) is 4.17. The number of benzene rings is 2. The lowest BCUT2D eigenvalue weighted by atomic mass is 9.83. The van der Waals surface area contributed by atoms with Crippen molar-refractivity contribution in [1.82, 2.24) is 0 Å². The summed E-state index contributed by atoms with van der Waals surface area (Å²) in [6.07, 6.45) is 0. The van der Waals surface area contributed by atoms with Crippen LogP contribution in [0.5, 0.6) is 0 Å². The van der Waals surface area contributed by atoms with E-state index < -0.39 is 17.3 Å². The van der Waals surface area contributed by atoms with Crippen molar-refractivity contribution in [2.45, 2.75) is 5.54 Å². The maximum atomic E-state index is 12.4. The van der Waals surface area contributed by atoms with E-state index in [2.05, 4.69) is 0 Å². The molecule has 2 aromatic rings. The van der Waals surface area contributed by atoms with Gasteiger partial charge in [0.2, 0.25) is 5.54 Å². The minimum Gasteiger partial charge on any atom is -0.479 e. The standard InChI is InChI=1S/C15H13NO3/c16-15(14(18)19,12-9-5-2-6-10-12)13(17)11-7-3-1-4-8-11/h1-10H,16H2,(H,18,19). The van der Waals surface area contributed by atoms with E-state index in [-0.39, 0.29) is 11.1 Å². The van der Waals surface area contributed by atoms with Gasteiger partial charge >= 0.3 is 5.97 Å². The van der Waals surface area contributed by atoms with Crippen LogP contribution in [0, 0.1) is 0 Å². The Morgan fingerprint density at radius 2 is 1.37 bits per heavy atom. The van der Waals surface area contributed by atoms with Crippen LogP contribution in [-0.2, 0) is 10.3 Å². The molecule has 1 unspecified atom stereocenters. The van der Waals surface area contributed by atoms with Gasteiger partial charge in [0.25, 0.3) is 0 Å². The highest BCUT2D eigenvalue weighted by Crippen LogP contribution is 2.23. The number of aliphatic carboxylic acids is 1. The molecule has 0 saturated carbocycles. The van der Waals surface area contributed by atoms with Gasteiger partial charge < -0.3 is 10.8 Å². The molecule has 1 atom stereocenters. The Hall–Kier alpha value is -2.46. The molecule has 4 nitrogen and oxygen atoms in total. The normalized spacial score (nSPS) is 13.5. The highest BCUT2D eigenvalue weighted by atomic mass is 16.4. The van der Waals surface area contributed by atoms with E-state index in [1.165, 1.54) is 12.1 Å². The number of rotatable bonds is 4. The van der Waals surface area contributed by atoms with Crippen LogP contribution in [0.4, 0.5) is 0 Å². The third kappa shape index (κ3) is 2.26. The molecule has 0 aliphatic carbocycles. The zero-order chi connectivity index (χ0) is 13.9. The predicted octanol–water partition coefficient (Wildman–Crippen LogP) is 1.81. The number of ketones is 1. The van der Waals surface area contributed by atoms with Crippen LogP contribution >= 0.6 is 0 Å². The lowest BCUT2D eigenvalue weighted by Gasteiger charge is -2.23.